The maximum atomic E-state index is 10.8. The lowest BCUT2D eigenvalue weighted by Crippen LogP contribution is -2.00. The van der Waals surface area contributed by atoms with Crippen molar-refractivity contribution >= 4 is 17.3 Å². The number of carbonyl (C=O) groups excluding carboxylic acids is 1. The number of rotatable bonds is 3. The molecular weight excluding hydrogens is 254 g/mol. The van der Waals surface area contributed by atoms with Gasteiger partial charge in [-0.2, -0.15) is 15.5 Å². The number of carbonyl (C=O) groups is 1. The molecule has 0 radical (unpaired) electrons. The predicted molar refractivity (Wildman–Crippen MR) is 73.1 cm³/mol. The van der Waals surface area contributed by atoms with Crippen LogP contribution in [0, 0.1) is 11.3 Å². The normalized spacial score (nSPS) is 10.2. The fraction of sp³-hybridized carbons (Fsp3) is 0.0667. The van der Waals surface area contributed by atoms with E-state index in [0.29, 0.717) is 22.7 Å². The molecule has 98 valence electrons. The van der Waals surface area contributed by atoms with Crippen molar-refractivity contribution in [2.24, 2.45) is 10.2 Å². The summed E-state index contributed by atoms with van der Waals surface area (Å²) in [7, 11) is 0. The van der Waals surface area contributed by atoms with Crippen LogP contribution < -0.4 is 4.74 Å². The minimum absolute atomic E-state index is 0.364. The van der Waals surface area contributed by atoms with Crippen LogP contribution in [0.5, 0.6) is 5.75 Å². The molecule has 2 aromatic rings. The fourth-order valence-corrected chi connectivity index (χ4v) is 1.46. The zero-order valence-electron chi connectivity index (χ0n) is 10.8. The van der Waals surface area contributed by atoms with Gasteiger partial charge in [0.15, 0.2) is 0 Å². The number of ether oxygens (including phenoxy) is 1. The molecule has 0 aromatic heterocycles. The minimum atomic E-state index is -0.364. The average Bonchev–Trinajstić information content (AvgIpc) is 2.46. The highest BCUT2D eigenvalue weighted by Gasteiger charge is 1.97. The van der Waals surface area contributed by atoms with Crippen molar-refractivity contribution in [2.45, 2.75) is 6.92 Å². The van der Waals surface area contributed by atoms with Crippen LogP contribution in [0.15, 0.2) is 58.8 Å². The number of azo groups is 1. The molecule has 0 unspecified atom stereocenters. The summed E-state index contributed by atoms with van der Waals surface area (Å²) in [5.74, 6) is 0.104. The average molecular weight is 265 g/mol. The Morgan fingerprint density at radius 2 is 1.50 bits per heavy atom. The van der Waals surface area contributed by atoms with Crippen LogP contribution in [-0.2, 0) is 4.79 Å². The summed E-state index contributed by atoms with van der Waals surface area (Å²) in [5.41, 5.74) is 1.88. The summed E-state index contributed by atoms with van der Waals surface area (Å²) in [6.45, 7) is 1.35. The van der Waals surface area contributed by atoms with Crippen LogP contribution in [0.4, 0.5) is 11.4 Å². The molecule has 0 bridgehead atoms. The van der Waals surface area contributed by atoms with E-state index in [2.05, 4.69) is 10.2 Å². The molecule has 0 aliphatic rings. The molecule has 0 heterocycles. The largest absolute Gasteiger partial charge is 0.427 e. The molecule has 2 rings (SSSR count). The van der Waals surface area contributed by atoms with Crippen molar-refractivity contribution in [1.29, 1.82) is 5.26 Å². The Kier molecular flexibility index (Phi) is 4.20. The van der Waals surface area contributed by atoms with Crippen LogP contribution in [0.1, 0.15) is 12.5 Å². The Morgan fingerprint density at radius 1 is 1.00 bits per heavy atom. The highest BCUT2D eigenvalue weighted by Crippen LogP contribution is 2.21. The first-order valence-electron chi connectivity index (χ1n) is 5.88. The van der Waals surface area contributed by atoms with Crippen molar-refractivity contribution in [3.63, 3.8) is 0 Å². The second kappa shape index (κ2) is 6.25. The molecule has 5 nitrogen and oxygen atoms in total. The van der Waals surface area contributed by atoms with E-state index in [9.17, 15) is 4.79 Å². The molecule has 0 aliphatic carbocycles. The first-order valence-corrected chi connectivity index (χ1v) is 5.88. The van der Waals surface area contributed by atoms with Gasteiger partial charge in [-0.3, -0.25) is 4.79 Å². The SMILES string of the molecule is CC(=O)Oc1ccc(/N=N/c2ccc(C#N)cc2)cc1. The Balaban J connectivity index is 2.07. The third kappa shape index (κ3) is 3.75. The van der Waals surface area contributed by atoms with E-state index in [4.69, 9.17) is 10.00 Å². The second-order valence-electron chi connectivity index (χ2n) is 3.95. The number of nitrogens with zero attached hydrogens (tertiary/aromatic N) is 3. The maximum Gasteiger partial charge on any atom is 0.308 e. The highest BCUT2D eigenvalue weighted by atomic mass is 16.5. The van der Waals surface area contributed by atoms with Crippen molar-refractivity contribution in [3.8, 4) is 11.8 Å². The molecule has 0 saturated heterocycles. The van der Waals surface area contributed by atoms with E-state index in [1.54, 1.807) is 48.5 Å². The Hall–Kier alpha value is -3.00. The quantitative estimate of drug-likeness (QED) is 0.480. The van der Waals surface area contributed by atoms with Crippen molar-refractivity contribution in [1.82, 2.24) is 0 Å². The predicted octanol–water partition coefficient (Wildman–Crippen LogP) is 3.90. The van der Waals surface area contributed by atoms with Gasteiger partial charge in [-0.25, -0.2) is 0 Å². The molecule has 2 aromatic carbocycles. The lowest BCUT2D eigenvalue weighted by molar-refractivity contribution is -0.131. The third-order valence-electron chi connectivity index (χ3n) is 2.38. The fourth-order valence-electron chi connectivity index (χ4n) is 1.46. The summed E-state index contributed by atoms with van der Waals surface area (Å²) >= 11 is 0. The number of benzene rings is 2. The van der Waals surface area contributed by atoms with Gasteiger partial charge in [-0.1, -0.05) is 0 Å². The molecule has 5 heteroatoms. The lowest BCUT2D eigenvalue weighted by atomic mass is 10.2. The molecule has 20 heavy (non-hydrogen) atoms. The Morgan fingerprint density at radius 3 is 1.95 bits per heavy atom. The monoisotopic (exact) mass is 265 g/mol. The van der Waals surface area contributed by atoms with E-state index in [1.165, 1.54) is 6.92 Å². The van der Waals surface area contributed by atoms with Gasteiger partial charge in [0.1, 0.15) is 5.75 Å². The molecular formula is C15H11N3O2. The van der Waals surface area contributed by atoms with Gasteiger partial charge in [0.25, 0.3) is 0 Å². The van der Waals surface area contributed by atoms with Crippen LogP contribution in [0.3, 0.4) is 0 Å². The molecule has 0 fully saturated rings. The van der Waals surface area contributed by atoms with Crippen LogP contribution in [-0.4, -0.2) is 5.97 Å². The van der Waals surface area contributed by atoms with Crippen molar-refractivity contribution < 1.29 is 9.53 Å². The van der Waals surface area contributed by atoms with E-state index in [1.807, 2.05) is 6.07 Å². The lowest BCUT2D eigenvalue weighted by Gasteiger charge is -2.00. The summed E-state index contributed by atoms with van der Waals surface area (Å²) in [6, 6.07) is 15.5. The van der Waals surface area contributed by atoms with E-state index >= 15 is 0 Å². The number of esters is 1. The smallest absolute Gasteiger partial charge is 0.308 e. The van der Waals surface area contributed by atoms with E-state index < -0.39 is 0 Å². The van der Waals surface area contributed by atoms with E-state index in [-0.39, 0.29) is 5.97 Å². The second-order valence-corrected chi connectivity index (χ2v) is 3.95. The first kappa shape index (κ1) is 13.4. The van der Waals surface area contributed by atoms with Gasteiger partial charge >= 0.3 is 5.97 Å². The Bertz CT molecular complexity index is 668. The zero-order chi connectivity index (χ0) is 14.4. The summed E-state index contributed by atoms with van der Waals surface area (Å²) < 4.78 is 4.92. The van der Waals surface area contributed by atoms with Crippen molar-refractivity contribution in [2.75, 3.05) is 0 Å². The Labute approximate surface area is 116 Å². The summed E-state index contributed by atoms with van der Waals surface area (Å²) in [5, 5.41) is 16.8. The van der Waals surface area contributed by atoms with Gasteiger partial charge < -0.3 is 4.74 Å². The third-order valence-corrected chi connectivity index (χ3v) is 2.38. The standard InChI is InChI=1S/C15H11N3O2/c1-11(19)20-15-8-6-14(7-9-15)18-17-13-4-2-12(10-16)3-5-13/h2-9H,1H3/b18-17+. The molecule has 0 atom stereocenters. The molecule has 0 spiro atoms. The molecule has 0 aliphatic heterocycles. The number of nitriles is 1. The summed E-state index contributed by atoms with van der Waals surface area (Å²) in [4.78, 5) is 10.8. The number of hydrogen-bond donors (Lipinski definition) is 0. The van der Waals surface area contributed by atoms with Gasteiger partial charge in [0.05, 0.1) is 23.0 Å². The molecule has 0 saturated carbocycles. The zero-order valence-corrected chi connectivity index (χ0v) is 10.8. The maximum absolute atomic E-state index is 10.8. The van der Waals surface area contributed by atoms with Gasteiger partial charge in [-0.05, 0) is 48.5 Å². The highest BCUT2D eigenvalue weighted by molar-refractivity contribution is 5.69. The number of hydrogen-bond acceptors (Lipinski definition) is 5. The molecule has 0 N–H and O–H groups in total. The molecule has 0 amide bonds. The first-order chi connectivity index (χ1) is 9.67. The minimum Gasteiger partial charge on any atom is -0.427 e. The van der Waals surface area contributed by atoms with Crippen LogP contribution in [0.2, 0.25) is 0 Å². The van der Waals surface area contributed by atoms with Gasteiger partial charge in [-0.15, -0.1) is 0 Å². The van der Waals surface area contributed by atoms with Crippen molar-refractivity contribution in [3.05, 3.63) is 54.1 Å². The van der Waals surface area contributed by atoms with Gasteiger partial charge in [0.2, 0.25) is 0 Å². The van der Waals surface area contributed by atoms with Crippen LogP contribution in [0.25, 0.3) is 0 Å². The van der Waals surface area contributed by atoms with Crippen LogP contribution >= 0.6 is 0 Å². The summed E-state index contributed by atoms with van der Waals surface area (Å²) in [6.07, 6.45) is 0. The van der Waals surface area contributed by atoms with E-state index in [0.717, 1.165) is 0 Å². The topological polar surface area (TPSA) is 74.8 Å². The van der Waals surface area contributed by atoms with Gasteiger partial charge in [0, 0.05) is 6.92 Å².